The van der Waals surface area contributed by atoms with E-state index in [1.165, 1.54) is 0 Å². The zero-order valence-corrected chi connectivity index (χ0v) is 10.6. The Morgan fingerprint density at radius 2 is 2.18 bits per heavy atom. The maximum Gasteiger partial charge on any atom is 0.180 e. The normalized spacial score (nSPS) is 13.6. The van der Waals surface area contributed by atoms with Crippen LogP contribution in [0.25, 0.3) is 0 Å². The molecule has 0 fully saturated rings. The Balaban J connectivity index is 2.47. The van der Waals surface area contributed by atoms with Crippen LogP contribution in [0.4, 0.5) is 0 Å². The standard InChI is InChI=1S/C12H14ClNO3/c1-7-8(9(15)6-14-2)5-10-12(11(7)13)17-4-3-16-10/h5,14H,3-4,6H2,1-2H3. The van der Waals surface area contributed by atoms with E-state index in [2.05, 4.69) is 5.32 Å². The molecule has 0 saturated heterocycles. The molecule has 1 aromatic carbocycles. The molecule has 0 spiro atoms. The fraction of sp³-hybridized carbons (Fsp3) is 0.417. The summed E-state index contributed by atoms with van der Waals surface area (Å²) in [5.41, 5.74) is 1.31. The molecule has 0 radical (unpaired) electrons. The molecular weight excluding hydrogens is 242 g/mol. The molecule has 0 bridgehead atoms. The van der Waals surface area contributed by atoms with Crippen molar-refractivity contribution in [1.29, 1.82) is 0 Å². The van der Waals surface area contributed by atoms with Gasteiger partial charge in [-0.1, -0.05) is 11.6 Å². The fourth-order valence-electron chi connectivity index (χ4n) is 1.78. The van der Waals surface area contributed by atoms with E-state index in [0.29, 0.717) is 35.3 Å². The SMILES string of the molecule is CNCC(=O)c1cc2c(c(Cl)c1C)OCCO2. The Labute approximate surface area is 105 Å². The van der Waals surface area contributed by atoms with Crippen LogP contribution in [0.1, 0.15) is 15.9 Å². The van der Waals surface area contributed by atoms with Crippen LogP contribution in [0.3, 0.4) is 0 Å². The van der Waals surface area contributed by atoms with E-state index in [1.807, 2.05) is 6.92 Å². The number of hydrogen-bond acceptors (Lipinski definition) is 4. The second kappa shape index (κ2) is 4.94. The first kappa shape index (κ1) is 12.2. The molecule has 0 amide bonds. The molecule has 4 nitrogen and oxygen atoms in total. The maximum atomic E-state index is 11.9. The van der Waals surface area contributed by atoms with Gasteiger partial charge in [-0.05, 0) is 25.6 Å². The maximum absolute atomic E-state index is 11.9. The molecule has 92 valence electrons. The van der Waals surface area contributed by atoms with Gasteiger partial charge in [0.15, 0.2) is 17.3 Å². The number of rotatable bonds is 3. The largest absolute Gasteiger partial charge is 0.486 e. The average molecular weight is 256 g/mol. The minimum Gasteiger partial charge on any atom is -0.486 e. The van der Waals surface area contributed by atoms with Crippen LogP contribution in [-0.2, 0) is 0 Å². The van der Waals surface area contributed by atoms with Gasteiger partial charge in [-0.2, -0.15) is 0 Å². The van der Waals surface area contributed by atoms with E-state index in [-0.39, 0.29) is 12.3 Å². The minimum atomic E-state index is -0.0103. The van der Waals surface area contributed by atoms with Gasteiger partial charge in [-0.15, -0.1) is 0 Å². The van der Waals surface area contributed by atoms with Crippen molar-refractivity contribution in [2.45, 2.75) is 6.92 Å². The highest BCUT2D eigenvalue weighted by atomic mass is 35.5. The highest BCUT2D eigenvalue weighted by molar-refractivity contribution is 6.33. The number of Topliss-reactive ketones (excluding diaryl/α,β-unsaturated/α-hetero) is 1. The topological polar surface area (TPSA) is 47.6 Å². The smallest absolute Gasteiger partial charge is 0.180 e. The summed E-state index contributed by atoms with van der Waals surface area (Å²) in [5, 5.41) is 3.29. The molecule has 17 heavy (non-hydrogen) atoms. The monoisotopic (exact) mass is 255 g/mol. The third-order valence-corrected chi connectivity index (χ3v) is 3.11. The van der Waals surface area contributed by atoms with Crippen molar-refractivity contribution in [1.82, 2.24) is 5.32 Å². The Hall–Kier alpha value is -1.26. The summed E-state index contributed by atoms with van der Waals surface area (Å²) in [5.74, 6) is 1.08. The van der Waals surface area contributed by atoms with Crippen molar-refractivity contribution in [3.05, 3.63) is 22.2 Å². The van der Waals surface area contributed by atoms with Crippen LogP contribution in [0, 0.1) is 6.92 Å². The average Bonchev–Trinajstić information content (AvgIpc) is 2.34. The molecule has 1 aromatic rings. The molecule has 1 aliphatic heterocycles. The zero-order chi connectivity index (χ0) is 12.4. The van der Waals surface area contributed by atoms with Crippen molar-refractivity contribution in [3.8, 4) is 11.5 Å². The van der Waals surface area contributed by atoms with Gasteiger partial charge in [0.2, 0.25) is 0 Å². The lowest BCUT2D eigenvalue weighted by atomic mass is 10.0. The van der Waals surface area contributed by atoms with E-state index < -0.39 is 0 Å². The molecule has 5 heteroatoms. The summed E-state index contributed by atoms with van der Waals surface area (Å²) in [6.45, 7) is 3.04. The Morgan fingerprint density at radius 1 is 1.47 bits per heavy atom. The van der Waals surface area contributed by atoms with Gasteiger partial charge in [-0.25, -0.2) is 0 Å². The number of hydrogen-bond donors (Lipinski definition) is 1. The number of nitrogens with one attached hydrogen (secondary N) is 1. The highest BCUT2D eigenvalue weighted by Gasteiger charge is 2.22. The van der Waals surface area contributed by atoms with E-state index in [4.69, 9.17) is 21.1 Å². The number of ketones is 1. The molecule has 1 heterocycles. The van der Waals surface area contributed by atoms with Crippen LogP contribution in [0.15, 0.2) is 6.07 Å². The summed E-state index contributed by atoms with van der Waals surface area (Å²) in [4.78, 5) is 11.9. The summed E-state index contributed by atoms with van der Waals surface area (Å²) in [6.07, 6.45) is 0. The molecule has 2 rings (SSSR count). The van der Waals surface area contributed by atoms with Crippen LogP contribution >= 0.6 is 11.6 Å². The van der Waals surface area contributed by atoms with Crippen LogP contribution in [0.2, 0.25) is 5.02 Å². The summed E-state index contributed by atoms with van der Waals surface area (Å²) < 4.78 is 10.9. The zero-order valence-electron chi connectivity index (χ0n) is 9.80. The number of benzene rings is 1. The Kier molecular flexibility index (Phi) is 3.54. The number of ether oxygens (including phenoxy) is 2. The molecule has 0 aliphatic carbocycles. The minimum absolute atomic E-state index is 0.0103. The Bertz CT molecular complexity index is 460. The number of fused-ring (bicyclic) bond motifs is 1. The van der Waals surface area contributed by atoms with Crippen molar-refractivity contribution >= 4 is 17.4 Å². The predicted molar refractivity (Wildman–Crippen MR) is 65.4 cm³/mol. The van der Waals surface area contributed by atoms with Crippen LogP contribution < -0.4 is 14.8 Å². The predicted octanol–water partition coefficient (Wildman–Crippen LogP) is 1.82. The van der Waals surface area contributed by atoms with Crippen molar-refractivity contribution in [3.63, 3.8) is 0 Å². The van der Waals surface area contributed by atoms with Gasteiger partial charge < -0.3 is 14.8 Å². The molecule has 0 aromatic heterocycles. The van der Waals surface area contributed by atoms with Gasteiger partial charge in [0.05, 0.1) is 11.6 Å². The second-order valence-corrected chi connectivity index (χ2v) is 4.22. The van der Waals surface area contributed by atoms with Gasteiger partial charge in [-0.3, -0.25) is 4.79 Å². The lowest BCUT2D eigenvalue weighted by molar-refractivity contribution is 0.0991. The summed E-state index contributed by atoms with van der Waals surface area (Å²) >= 11 is 6.18. The summed E-state index contributed by atoms with van der Waals surface area (Å²) in [6, 6.07) is 1.70. The first-order valence-electron chi connectivity index (χ1n) is 5.41. The number of carbonyl (C=O) groups is 1. The molecule has 1 N–H and O–H groups in total. The first-order valence-corrected chi connectivity index (χ1v) is 5.79. The van der Waals surface area contributed by atoms with Gasteiger partial charge in [0.25, 0.3) is 0 Å². The van der Waals surface area contributed by atoms with E-state index >= 15 is 0 Å². The first-order chi connectivity index (χ1) is 8.15. The number of carbonyl (C=O) groups excluding carboxylic acids is 1. The van der Waals surface area contributed by atoms with Gasteiger partial charge in [0, 0.05) is 5.56 Å². The lowest BCUT2D eigenvalue weighted by Gasteiger charge is -2.21. The summed E-state index contributed by atoms with van der Waals surface area (Å²) in [7, 11) is 1.73. The van der Waals surface area contributed by atoms with Gasteiger partial charge >= 0.3 is 0 Å². The van der Waals surface area contributed by atoms with Crippen LogP contribution in [-0.4, -0.2) is 32.6 Å². The molecule has 0 unspecified atom stereocenters. The molecule has 1 aliphatic rings. The van der Waals surface area contributed by atoms with E-state index in [0.717, 1.165) is 5.56 Å². The quantitative estimate of drug-likeness (QED) is 0.837. The fourth-order valence-corrected chi connectivity index (χ4v) is 2.03. The second-order valence-electron chi connectivity index (χ2n) is 3.84. The number of halogens is 1. The van der Waals surface area contributed by atoms with Crippen molar-refractivity contribution < 1.29 is 14.3 Å². The van der Waals surface area contributed by atoms with Crippen molar-refractivity contribution in [2.75, 3.05) is 26.8 Å². The molecule has 0 saturated carbocycles. The number of likely N-dealkylation sites (N-methyl/N-ethyl adjacent to an activating group) is 1. The lowest BCUT2D eigenvalue weighted by Crippen LogP contribution is -2.21. The van der Waals surface area contributed by atoms with E-state index in [9.17, 15) is 4.79 Å². The van der Waals surface area contributed by atoms with Crippen LogP contribution in [0.5, 0.6) is 11.5 Å². The third kappa shape index (κ3) is 2.23. The highest BCUT2D eigenvalue weighted by Crippen LogP contribution is 2.41. The van der Waals surface area contributed by atoms with Crippen molar-refractivity contribution in [2.24, 2.45) is 0 Å². The molecule has 0 atom stereocenters. The van der Waals surface area contributed by atoms with Gasteiger partial charge in [0.1, 0.15) is 13.2 Å². The Morgan fingerprint density at radius 3 is 2.88 bits per heavy atom. The molecular formula is C12H14ClNO3. The third-order valence-electron chi connectivity index (χ3n) is 2.66. The van der Waals surface area contributed by atoms with E-state index in [1.54, 1.807) is 13.1 Å².